The highest BCUT2D eigenvalue weighted by Crippen LogP contribution is 2.23. The van der Waals surface area contributed by atoms with Crippen molar-refractivity contribution in [3.05, 3.63) is 16.1 Å². The van der Waals surface area contributed by atoms with Gasteiger partial charge in [0.05, 0.1) is 0 Å². The molecule has 0 aliphatic rings. The lowest BCUT2D eigenvalue weighted by Crippen LogP contribution is -2.12. The van der Waals surface area contributed by atoms with Crippen molar-refractivity contribution in [2.75, 3.05) is 17.2 Å². The highest BCUT2D eigenvalue weighted by molar-refractivity contribution is 7.15. The van der Waals surface area contributed by atoms with Crippen molar-refractivity contribution in [1.82, 2.24) is 15.2 Å². The molecule has 2 rings (SSSR count). The third-order valence-corrected chi connectivity index (χ3v) is 4.83. The molecule has 2 aromatic heterocycles. The third kappa shape index (κ3) is 4.74. The maximum absolute atomic E-state index is 12.1. The highest BCUT2D eigenvalue weighted by atomic mass is 32.1. The van der Waals surface area contributed by atoms with E-state index in [0.29, 0.717) is 22.7 Å². The van der Waals surface area contributed by atoms with Crippen molar-refractivity contribution in [3.63, 3.8) is 0 Å². The van der Waals surface area contributed by atoms with Gasteiger partial charge in [-0.2, -0.15) is 0 Å². The van der Waals surface area contributed by atoms with Crippen molar-refractivity contribution in [2.24, 2.45) is 5.92 Å². The summed E-state index contributed by atoms with van der Waals surface area (Å²) in [6, 6.07) is 0. The van der Waals surface area contributed by atoms with Crippen LogP contribution in [0.3, 0.4) is 0 Å². The number of aromatic nitrogens is 3. The minimum absolute atomic E-state index is 0.250. The normalized spacial score (nSPS) is 11.2. The molecule has 22 heavy (non-hydrogen) atoms. The first kappa shape index (κ1) is 16.8. The van der Waals surface area contributed by atoms with Crippen molar-refractivity contribution in [3.8, 4) is 0 Å². The van der Waals surface area contributed by atoms with E-state index in [4.69, 9.17) is 0 Å². The second kappa shape index (κ2) is 7.64. The van der Waals surface area contributed by atoms with Crippen molar-refractivity contribution >= 4 is 38.8 Å². The number of carbonyl (C=O) groups is 1. The summed E-state index contributed by atoms with van der Waals surface area (Å²) in [5.41, 5.74) is 0.401. The van der Waals surface area contributed by atoms with E-state index in [2.05, 4.69) is 39.7 Å². The minimum atomic E-state index is -0.250. The molecule has 0 aromatic carbocycles. The molecule has 2 aromatic rings. The molecule has 2 heterocycles. The Labute approximate surface area is 138 Å². The second-order valence-corrected chi connectivity index (χ2v) is 7.57. The first-order valence-corrected chi connectivity index (χ1v) is 8.99. The standard InChI is InChI=1S/C14H21N5OS2/c1-8(2)5-6-15-13-16-10(7-21-13)11(20)17-14-19-18-12(22-14)9(3)4/h7-9H,5-6H2,1-4H3,(H,15,16)(H,17,19,20). The van der Waals surface area contributed by atoms with Gasteiger partial charge in [-0.25, -0.2) is 4.98 Å². The number of amides is 1. The molecule has 0 bridgehead atoms. The molecule has 8 heteroatoms. The monoisotopic (exact) mass is 339 g/mol. The van der Waals surface area contributed by atoms with Crippen LogP contribution in [0.1, 0.15) is 55.5 Å². The summed E-state index contributed by atoms with van der Waals surface area (Å²) in [4.78, 5) is 16.4. The lowest BCUT2D eigenvalue weighted by molar-refractivity contribution is 0.102. The predicted octanol–water partition coefficient (Wildman–Crippen LogP) is 3.83. The average Bonchev–Trinajstić information content (AvgIpc) is 3.07. The van der Waals surface area contributed by atoms with Gasteiger partial charge in [0, 0.05) is 17.8 Å². The number of anilines is 2. The highest BCUT2D eigenvalue weighted by Gasteiger charge is 2.14. The Bertz CT molecular complexity index is 620. The third-order valence-electron chi connectivity index (χ3n) is 2.89. The molecule has 6 nitrogen and oxygen atoms in total. The Kier molecular flexibility index (Phi) is 5.84. The summed E-state index contributed by atoms with van der Waals surface area (Å²) < 4.78 is 0. The van der Waals surface area contributed by atoms with E-state index in [0.717, 1.165) is 23.1 Å². The maximum Gasteiger partial charge on any atom is 0.277 e. The Morgan fingerprint density at radius 3 is 2.64 bits per heavy atom. The smallest absolute Gasteiger partial charge is 0.277 e. The van der Waals surface area contributed by atoms with Crippen LogP contribution in [0.15, 0.2) is 5.38 Å². The van der Waals surface area contributed by atoms with Crippen LogP contribution in [-0.2, 0) is 0 Å². The van der Waals surface area contributed by atoms with Gasteiger partial charge in [0.1, 0.15) is 10.7 Å². The molecule has 120 valence electrons. The fourth-order valence-corrected chi connectivity index (χ4v) is 3.07. The summed E-state index contributed by atoms with van der Waals surface area (Å²) >= 11 is 2.83. The molecule has 0 aliphatic carbocycles. The molecule has 0 fully saturated rings. The molecule has 0 saturated heterocycles. The van der Waals surface area contributed by atoms with Gasteiger partial charge in [-0.1, -0.05) is 39.0 Å². The first-order chi connectivity index (χ1) is 10.5. The number of hydrogen-bond donors (Lipinski definition) is 2. The molecule has 0 atom stereocenters. The Hall–Kier alpha value is -1.54. The number of hydrogen-bond acceptors (Lipinski definition) is 7. The zero-order valence-corrected chi connectivity index (χ0v) is 14.8. The van der Waals surface area contributed by atoms with E-state index in [1.165, 1.54) is 22.7 Å². The van der Waals surface area contributed by atoms with Crippen molar-refractivity contribution in [1.29, 1.82) is 0 Å². The molecular formula is C14H21N5OS2. The second-order valence-electron chi connectivity index (χ2n) is 5.70. The number of thiazole rings is 1. The molecule has 0 spiro atoms. The number of nitrogens with zero attached hydrogens (tertiary/aromatic N) is 3. The largest absolute Gasteiger partial charge is 0.361 e. The zero-order valence-electron chi connectivity index (χ0n) is 13.2. The van der Waals surface area contributed by atoms with E-state index in [1.807, 2.05) is 13.8 Å². The summed E-state index contributed by atoms with van der Waals surface area (Å²) in [6.07, 6.45) is 1.07. The summed E-state index contributed by atoms with van der Waals surface area (Å²) in [5.74, 6) is 0.696. The fraction of sp³-hybridized carbons (Fsp3) is 0.571. The van der Waals surface area contributed by atoms with Gasteiger partial charge in [0.25, 0.3) is 5.91 Å². The fourth-order valence-electron chi connectivity index (χ4n) is 1.61. The van der Waals surface area contributed by atoms with Gasteiger partial charge in [-0.15, -0.1) is 21.5 Å². The van der Waals surface area contributed by atoms with Crippen LogP contribution in [-0.4, -0.2) is 27.6 Å². The van der Waals surface area contributed by atoms with E-state index < -0.39 is 0 Å². The van der Waals surface area contributed by atoms with Crippen LogP contribution < -0.4 is 10.6 Å². The number of rotatable bonds is 7. The van der Waals surface area contributed by atoms with Crippen LogP contribution in [0.2, 0.25) is 0 Å². The Morgan fingerprint density at radius 2 is 2.00 bits per heavy atom. The predicted molar refractivity (Wildman–Crippen MR) is 92.0 cm³/mol. The van der Waals surface area contributed by atoms with E-state index in [-0.39, 0.29) is 5.91 Å². The van der Waals surface area contributed by atoms with Gasteiger partial charge in [-0.05, 0) is 12.3 Å². The first-order valence-electron chi connectivity index (χ1n) is 7.30. The quantitative estimate of drug-likeness (QED) is 0.801. The lowest BCUT2D eigenvalue weighted by atomic mass is 10.1. The number of carbonyl (C=O) groups excluding carboxylic acids is 1. The molecule has 0 aliphatic heterocycles. The topological polar surface area (TPSA) is 79.8 Å². The van der Waals surface area contributed by atoms with Crippen LogP contribution in [0.4, 0.5) is 10.3 Å². The van der Waals surface area contributed by atoms with Crippen LogP contribution in [0.5, 0.6) is 0 Å². The van der Waals surface area contributed by atoms with E-state index >= 15 is 0 Å². The van der Waals surface area contributed by atoms with Gasteiger partial charge < -0.3 is 5.32 Å². The maximum atomic E-state index is 12.1. The SMILES string of the molecule is CC(C)CCNc1nc(C(=O)Nc2nnc(C(C)C)s2)cs1. The number of nitrogens with one attached hydrogen (secondary N) is 2. The molecule has 0 unspecified atom stereocenters. The van der Waals surface area contributed by atoms with Crippen LogP contribution in [0.25, 0.3) is 0 Å². The molecule has 1 amide bonds. The summed E-state index contributed by atoms with van der Waals surface area (Å²) in [7, 11) is 0. The molecule has 0 radical (unpaired) electrons. The van der Waals surface area contributed by atoms with Crippen LogP contribution >= 0.6 is 22.7 Å². The van der Waals surface area contributed by atoms with Gasteiger partial charge in [-0.3, -0.25) is 10.1 Å². The average molecular weight is 339 g/mol. The molecule has 2 N–H and O–H groups in total. The lowest BCUT2D eigenvalue weighted by Gasteiger charge is -2.04. The summed E-state index contributed by atoms with van der Waals surface area (Å²) in [5, 5.41) is 17.9. The van der Waals surface area contributed by atoms with Gasteiger partial charge in [0.15, 0.2) is 5.13 Å². The minimum Gasteiger partial charge on any atom is -0.361 e. The molecular weight excluding hydrogens is 318 g/mol. The van der Waals surface area contributed by atoms with E-state index in [9.17, 15) is 4.79 Å². The van der Waals surface area contributed by atoms with Gasteiger partial charge >= 0.3 is 0 Å². The van der Waals surface area contributed by atoms with Crippen molar-refractivity contribution in [2.45, 2.75) is 40.0 Å². The molecule has 0 saturated carbocycles. The van der Waals surface area contributed by atoms with E-state index in [1.54, 1.807) is 5.38 Å². The summed E-state index contributed by atoms with van der Waals surface area (Å²) in [6.45, 7) is 9.30. The van der Waals surface area contributed by atoms with Crippen molar-refractivity contribution < 1.29 is 4.79 Å². The van der Waals surface area contributed by atoms with Crippen LogP contribution in [0, 0.1) is 5.92 Å². The van der Waals surface area contributed by atoms with Gasteiger partial charge in [0.2, 0.25) is 5.13 Å². The Morgan fingerprint density at radius 1 is 1.23 bits per heavy atom. The Balaban J connectivity index is 1.90. The zero-order chi connectivity index (χ0) is 16.1.